The number of fused-ring (bicyclic) bond motifs is 1. The molecule has 8 heteroatoms. The molecular weight excluding hydrogens is 372 g/mol. The fourth-order valence-corrected chi connectivity index (χ4v) is 2.69. The number of carbonyl (C=O) groups excluding carboxylic acids is 1. The van der Waals surface area contributed by atoms with Gasteiger partial charge in [-0.05, 0) is 36.4 Å². The van der Waals surface area contributed by atoms with Crippen molar-refractivity contribution in [3.63, 3.8) is 0 Å². The monoisotopic (exact) mass is 384 g/mol. The lowest BCUT2D eigenvalue weighted by atomic mass is 10.2. The van der Waals surface area contributed by atoms with Crippen molar-refractivity contribution in [2.24, 2.45) is 0 Å². The number of hydrogen-bond acceptors (Lipinski definition) is 7. The summed E-state index contributed by atoms with van der Waals surface area (Å²) in [6.45, 7) is -0.173. The second kappa shape index (κ2) is 7.13. The molecule has 27 heavy (non-hydrogen) atoms. The summed E-state index contributed by atoms with van der Waals surface area (Å²) < 4.78 is 20.9. The van der Waals surface area contributed by atoms with Crippen molar-refractivity contribution in [2.75, 3.05) is 7.11 Å². The molecule has 4 rings (SSSR count). The molecule has 0 amide bonds. The number of aromatic nitrogens is 2. The van der Waals surface area contributed by atoms with Gasteiger partial charge in [-0.3, -0.25) is 0 Å². The van der Waals surface area contributed by atoms with E-state index in [1.165, 1.54) is 0 Å². The van der Waals surface area contributed by atoms with Gasteiger partial charge in [-0.25, -0.2) is 4.79 Å². The van der Waals surface area contributed by atoms with Crippen LogP contribution in [0.1, 0.15) is 16.4 Å². The van der Waals surface area contributed by atoms with Crippen LogP contribution in [-0.2, 0) is 11.3 Å². The van der Waals surface area contributed by atoms with Crippen LogP contribution in [0.5, 0.6) is 5.75 Å². The molecule has 0 atom stereocenters. The molecule has 7 nitrogen and oxygen atoms in total. The topological polar surface area (TPSA) is 87.6 Å². The Hall–Kier alpha value is -3.32. The molecule has 2 aromatic carbocycles. The number of halogens is 1. The number of esters is 1. The minimum absolute atomic E-state index is 0.0693. The van der Waals surface area contributed by atoms with E-state index in [-0.39, 0.29) is 18.3 Å². The SMILES string of the molecule is COc1cccc(-c2noc(COC(=O)c3cc4cc(Cl)ccc4o3)n2)c1. The summed E-state index contributed by atoms with van der Waals surface area (Å²) in [4.78, 5) is 16.4. The highest BCUT2D eigenvalue weighted by Gasteiger charge is 2.16. The van der Waals surface area contributed by atoms with Crippen molar-refractivity contribution in [1.82, 2.24) is 10.1 Å². The Kier molecular flexibility index (Phi) is 4.52. The summed E-state index contributed by atoms with van der Waals surface area (Å²) in [6.07, 6.45) is 0. The van der Waals surface area contributed by atoms with Crippen LogP contribution < -0.4 is 4.74 Å². The van der Waals surface area contributed by atoms with Crippen molar-refractivity contribution >= 4 is 28.5 Å². The molecule has 0 aliphatic carbocycles. The molecule has 0 spiro atoms. The van der Waals surface area contributed by atoms with Crippen LogP contribution in [0.3, 0.4) is 0 Å². The van der Waals surface area contributed by atoms with Crippen LogP contribution in [0, 0.1) is 0 Å². The molecule has 0 N–H and O–H groups in total. The number of nitrogens with zero attached hydrogens (tertiary/aromatic N) is 2. The normalized spacial score (nSPS) is 10.9. The van der Waals surface area contributed by atoms with E-state index in [1.54, 1.807) is 37.4 Å². The fraction of sp³-hybridized carbons (Fsp3) is 0.105. The van der Waals surface area contributed by atoms with Gasteiger partial charge >= 0.3 is 5.97 Å². The van der Waals surface area contributed by atoms with E-state index in [0.29, 0.717) is 27.6 Å². The van der Waals surface area contributed by atoms with Gasteiger partial charge in [-0.1, -0.05) is 28.9 Å². The van der Waals surface area contributed by atoms with Crippen LogP contribution in [0.25, 0.3) is 22.4 Å². The highest BCUT2D eigenvalue weighted by Crippen LogP contribution is 2.24. The number of furan rings is 1. The van der Waals surface area contributed by atoms with Gasteiger partial charge in [-0.2, -0.15) is 4.98 Å². The first-order valence-electron chi connectivity index (χ1n) is 7.95. The average Bonchev–Trinajstić information content (AvgIpc) is 3.33. The van der Waals surface area contributed by atoms with Gasteiger partial charge in [0.25, 0.3) is 5.89 Å². The summed E-state index contributed by atoms with van der Waals surface area (Å²) in [5, 5.41) is 5.16. The maximum atomic E-state index is 12.2. The summed E-state index contributed by atoms with van der Waals surface area (Å²) in [5.41, 5.74) is 1.27. The number of benzene rings is 2. The van der Waals surface area contributed by atoms with E-state index in [9.17, 15) is 4.79 Å². The van der Waals surface area contributed by atoms with E-state index in [0.717, 1.165) is 5.56 Å². The van der Waals surface area contributed by atoms with Gasteiger partial charge in [0, 0.05) is 16.0 Å². The number of carbonyl (C=O) groups is 1. The molecule has 0 saturated carbocycles. The first-order valence-corrected chi connectivity index (χ1v) is 8.33. The lowest BCUT2D eigenvalue weighted by Crippen LogP contribution is -2.04. The third kappa shape index (κ3) is 3.63. The second-order valence-electron chi connectivity index (χ2n) is 5.61. The highest BCUT2D eigenvalue weighted by molar-refractivity contribution is 6.31. The van der Waals surface area contributed by atoms with E-state index in [1.807, 2.05) is 18.2 Å². The molecule has 0 unspecified atom stereocenters. The third-order valence-electron chi connectivity index (χ3n) is 3.80. The largest absolute Gasteiger partial charge is 0.497 e. The van der Waals surface area contributed by atoms with Crippen LogP contribution >= 0.6 is 11.6 Å². The quantitative estimate of drug-likeness (QED) is 0.468. The predicted molar refractivity (Wildman–Crippen MR) is 96.6 cm³/mol. The molecule has 0 fully saturated rings. The van der Waals surface area contributed by atoms with Crippen LogP contribution in [0.15, 0.2) is 57.5 Å². The Bertz CT molecular complexity index is 1120. The summed E-state index contributed by atoms with van der Waals surface area (Å²) in [7, 11) is 1.58. The zero-order valence-electron chi connectivity index (χ0n) is 14.1. The van der Waals surface area contributed by atoms with Crippen molar-refractivity contribution in [3.05, 3.63) is 65.2 Å². The molecule has 0 saturated heterocycles. The number of methoxy groups -OCH3 is 1. The van der Waals surface area contributed by atoms with Gasteiger partial charge in [0.2, 0.25) is 11.6 Å². The average molecular weight is 385 g/mol. The number of ether oxygens (including phenoxy) is 2. The Morgan fingerprint density at radius 2 is 2.07 bits per heavy atom. The minimum atomic E-state index is -0.636. The Labute approximate surface area is 158 Å². The van der Waals surface area contributed by atoms with Crippen LogP contribution in [0.2, 0.25) is 5.02 Å². The van der Waals surface area contributed by atoms with E-state index in [4.69, 9.17) is 30.0 Å². The molecular formula is C19H13ClN2O5. The smallest absolute Gasteiger partial charge is 0.374 e. The molecule has 2 aromatic heterocycles. The van der Waals surface area contributed by atoms with Gasteiger partial charge in [-0.15, -0.1) is 0 Å². The number of hydrogen-bond donors (Lipinski definition) is 0. The van der Waals surface area contributed by atoms with Gasteiger partial charge in [0.1, 0.15) is 11.3 Å². The van der Waals surface area contributed by atoms with E-state index < -0.39 is 5.97 Å². The fourth-order valence-electron chi connectivity index (χ4n) is 2.51. The van der Waals surface area contributed by atoms with Crippen molar-refractivity contribution in [3.8, 4) is 17.1 Å². The molecule has 136 valence electrons. The van der Waals surface area contributed by atoms with Crippen molar-refractivity contribution in [2.45, 2.75) is 6.61 Å². The van der Waals surface area contributed by atoms with Crippen LogP contribution in [-0.4, -0.2) is 23.2 Å². The maximum absolute atomic E-state index is 12.2. The minimum Gasteiger partial charge on any atom is -0.497 e. The van der Waals surface area contributed by atoms with E-state index in [2.05, 4.69) is 10.1 Å². The lowest BCUT2D eigenvalue weighted by Gasteiger charge is -2.00. The van der Waals surface area contributed by atoms with Crippen molar-refractivity contribution < 1.29 is 23.2 Å². The molecule has 2 heterocycles. The third-order valence-corrected chi connectivity index (χ3v) is 4.04. The Morgan fingerprint density at radius 1 is 1.19 bits per heavy atom. The first kappa shape index (κ1) is 17.1. The van der Waals surface area contributed by atoms with Crippen LogP contribution in [0.4, 0.5) is 0 Å². The lowest BCUT2D eigenvalue weighted by molar-refractivity contribution is 0.0396. The standard InChI is InChI=1S/C19H13ClN2O5/c1-24-14-4-2-3-11(8-14)18-21-17(27-22-18)10-25-19(23)16-9-12-7-13(20)5-6-15(12)26-16/h2-9H,10H2,1H3. The van der Waals surface area contributed by atoms with Crippen molar-refractivity contribution in [1.29, 1.82) is 0 Å². The molecule has 0 aliphatic heterocycles. The van der Waals surface area contributed by atoms with Gasteiger partial charge < -0.3 is 18.4 Å². The highest BCUT2D eigenvalue weighted by atomic mass is 35.5. The summed E-state index contributed by atoms with van der Waals surface area (Å²) in [6, 6.07) is 13.9. The first-order chi connectivity index (χ1) is 13.1. The van der Waals surface area contributed by atoms with Gasteiger partial charge in [0.05, 0.1) is 7.11 Å². The molecule has 0 radical (unpaired) electrons. The maximum Gasteiger partial charge on any atom is 0.374 e. The zero-order valence-corrected chi connectivity index (χ0v) is 14.9. The summed E-state index contributed by atoms with van der Waals surface area (Å²) >= 11 is 5.93. The van der Waals surface area contributed by atoms with E-state index >= 15 is 0 Å². The van der Waals surface area contributed by atoms with Gasteiger partial charge in [0.15, 0.2) is 6.61 Å². The Morgan fingerprint density at radius 3 is 2.93 bits per heavy atom. The molecule has 0 aliphatic rings. The Balaban J connectivity index is 1.45. The predicted octanol–water partition coefficient (Wildman–Crippen LogP) is 4.50. The molecule has 4 aromatic rings. The zero-order chi connectivity index (χ0) is 18.8. The molecule has 0 bridgehead atoms. The number of rotatable bonds is 5. The second-order valence-corrected chi connectivity index (χ2v) is 6.05. The summed E-state index contributed by atoms with van der Waals surface area (Å²) in [5.74, 6) is 0.650.